The van der Waals surface area contributed by atoms with E-state index in [1.807, 2.05) is 0 Å². The molecule has 0 aliphatic rings. The van der Waals surface area contributed by atoms with Crippen LogP contribution in [0, 0.1) is 0 Å². The highest BCUT2D eigenvalue weighted by Crippen LogP contribution is 2.44. The Balaban J connectivity index is 0.838. The van der Waals surface area contributed by atoms with Crippen molar-refractivity contribution in [3.05, 3.63) is 213 Å². The fourth-order valence-corrected chi connectivity index (χ4v) is 10.2. The molecule has 0 N–H and O–H groups in total. The number of furan rings is 2. The smallest absolute Gasteiger partial charge is 0.180 e. The van der Waals surface area contributed by atoms with Gasteiger partial charge in [-0.05, 0) is 116 Å². The third kappa shape index (κ3) is 5.52. The first-order chi connectivity index (χ1) is 32.2. The van der Waals surface area contributed by atoms with Crippen molar-refractivity contribution in [3.8, 4) is 50.3 Å². The van der Waals surface area contributed by atoms with Gasteiger partial charge >= 0.3 is 0 Å². The molecule has 0 amide bonds. The van der Waals surface area contributed by atoms with Crippen LogP contribution in [0.15, 0.2) is 221 Å². The van der Waals surface area contributed by atoms with Gasteiger partial charge in [0, 0.05) is 38.4 Å². The number of hydrogen-bond donors (Lipinski definition) is 0. The normalized spacial score (nSPS) is 12.0. The predicted octanol–water partition coefficient (Wildman–Crippen LogP) is 16.3. The second kappa shape index (κ2) is 13.9. The Labute approximate surface area is 372 Å². The molecule has 0 bridgehead atoms. The minimum atomic E-state index is 0.663. The Morgan fingerprint density at radius 1 is 0.354 bits per heavy atom. The van der Waals surface area contributed by atoms with Crippen LogP contribution in [0.4, 0.5) is 0 Å². The standard InChI is InChI=1S/C60H35N3O2/c1-2-14-46(15-3-1)63-52-19-7-6-16-50(52)55-53(63)28-27-49-48-18-9-17-47(58(48)65-59(49)55)44-12-8-13-45(33-44)56-60-57(62-35-61-56)51-34-43(26-29-54(51)64-60)42-25-24-40-31-39(22-23-41(40)32-42)38-21-20-36-10-4-5-11-37(36)30-38/h1-35H. The van der Waals surface area contributed by atoms with Crippen LogP contribution >= 0.6 is 0 Å². The Hall–Kier alpha value is -8.80. The summed E-state index contributed by atoms with van der Waals surface area (Å²) in [5, 5.41) is 10.3. The SMILES string of the molecule is c1ccc(-n2c3ccccc3c3c4oc5c(-c6cccc(-c7ncnc8c7oc7ccc(-c9ccc%10cc(-c%11ccc%12ccccc%12c%11)ccc%10c9)cc78)c6)cccc5c4ccc32)cc1. The van der Waals surface area contributed by atoms with Crippen LogP contribution in [0.1, 0.15) is 0 Å². The minimum Gasteiger partial charge on any atom is -0.455 e. The lowest BCUT2D eigenvalue weighted by atomic mass is 9.96. The van der Waals surface area contributed by atoms with Gasteiger partial charge in [-0.3, -0.25) is 0 Å². The van der Waals surface area contributed by atoms with E-state index in [0.29, 0.717) is 5.58 Å². The summed E-state index contributed by atoms with van der Waals surface area (Å²) in [6.07, 6.45) is 1.65. The summed E-state index contributed by atoms with van der Waals surface area (Å²) in [5.74, 6) is 0. The second-order valence-corrected chi connectivity index (χ2v) is 16.9. The summed E-state index contributed by atoms with van der Waals surface area (Å²) in [7, 11) is 0. The summed E-state index contributed by atoms with van der Waals surface area (Å²) < 4.78 is 15.9. The van der Waals surface area contributed by atoms with Crippen LogP contribution in [0.3, 0.4) is 0 Å². The zero-order valence-corrected chi connectivity index (χ0v) is 34.9. The molecule has 0 spiro atoms. The number of nitrogens with zero attached hydrogens (tertiary/aromatic N) is 3. The van der Waals surface area contributed by atoms with E-state index in [4.69, 9.17) is 18.8 Å². The average molecular weight is 830 g/mol. The second-order valence-electron chi connectivity index (χ2n) is 16.9. The van der Waals surface area contributed by atoms with Crippen molar-refractivity contribution in [1.82, 2.24) is 14.5 Å². The van der Waals surface area contributed by atoms with Crippen molar-refractivity contribution in [2.75, 3.05) is 0 Å². The van der Waals surface area contributed by atoms with Gasteiger partial charge in [0.25, 0.3) is 0 Å². The van der Waals surface area contributed by atoms with Gasteiger partial charge in [0.15, 0.2) is 5.58 Å². The number of hydrogen-bond acceptors (Lipinski definition) is 4. The van der Waals surface area contributed by atoms with Crippen LogP contribution in [0.25, 0.3) is 138 Å². The number of fused-ring (bicyclic) bond motifs is 12. The number of para-hydroxylation sites is 3. The van der Waals surface area contributed by atoms with Crippen molar-refractivity contribution < 1.29 is 8.83 Å². The largest absolute Gasteiger partial charge is 0.455 e. The van der Waals surface area contributed by atoms with Crippen molar-refractivity contribution >= 4 is 87.4 Å². The van der Waals surface area contributed by atoms with Gasteiger partial charge < -0.3 is 13.4 Å². The van der Waals surface area contributed by atoms with Gasteiger partial charge in [-0.25, -0.2) is 9.97 Å². The van der Waals surface area contributed by atoms with E-state index in [1.54, 1.807) is 6.33 Å². The third-order valence-electron chi connectivity index (χ3n) is 13.3. The molecule has 0 aliphatic heterocycles. The molecular weight excluding hydrogens is 795 g/mol. The molecule has 65 heavy (non-hydrogen) atoms. The van der Waals surface area contributed by atoms with Crippen LogP contribution in [-0.2, 0) is 0 Å². The lowest BCUT2D eigenvalue weighted by Crippen LogP contribution is -1.92. The summed E-state index contributed by atoms with van der Waals surface area (Å²) in [4.78, 5) is 9.61. The molecule has 14 rings (SSSR count). The fraction of sp³-hybridized carbons (Fsp3) is 0. The van der Waals surface area contributed by atoms with Crippen LogP contribution in [-0.4, -0.2) is 14.5 Å². The van der Waals surface area contributed by atoms with E-state index in [0.717, 1.165) is 99.4 Å². The van der Waals surface area contributed by atoms with Gasteiger partial charge in [-0.1, -0.05) is 140 Å². The highest BCUT2D eigenvalue weighted by atomic mass is 16.3. The first kappa shape index (κ1) is 35.8. The lowest BCUT2D eigenvalue weighted by molar-refractivity contribution is 0.667. The van der Waals surface area contributed by atoms with E-state index in [-0.39, 0.29) is 0 Å². The highest BCUT2D eigenvalue weighted by molar-refractivity contribution is 6.25. The Morgan fingerprint density at radius 2 is 1.00 bits per heavy atom. The maximum absolute atomic E-state index is 7.01. The summed E-state index contributed by atoms with van der Waals surface area (Å²) in [5.41, 5.74) is 15.7. The van der Waals surface area contributed by atoms with Crippen LogP contribution < -0.4 is 0 Å². The predicted molar refractivity (Wildman–Crippen MR) is 268 cm³/mol. The summed E-state index contributed by atoms with van der Waals surface area (Å²) in [6.45, 7) is 0. The van der Waals surface area contributed by atoms with E-state index in [1.165, 1.54) is 32.7 Å². The molecule has 0 unspecified atom stereocenters. The van der Waals surface area contributed by atoms with Gasteiger partial charge in [0.1, 0.15) is 34.3 Å². The fourth-order valence-electron chi connectivity index (χ4n) is 10.2. The third-order valence-corrected chi connectivity index (χ3v) is 13.3. The molecule has 5 nitrogen and oxygen atoms in total. The van der Waals surface area contributed by atoms with Gasteiger partial charge in [-0.15, -0.1) is 0 Å². The molecule has 0 radical (unpaired) electrons. The molecule has 4 aromatic heterocycles. The lowest BCUT2D eigenvalue weighted by Gasteiger charge is -2.08. The Bertz CT molecular complexity index is 4250. The molecule has 14 aromatic rings. The molecule has 4 heterocycles. The zero-order valence-electron chi connectivity index (χ0n) is 34.9. The van der Waals surface area contributed by atoms with Gasteiger partial charge in [0.2, 0.25) is 0 Å². The Kier molecular flexibility index (Phi) is 7.62. The number of benzene rings is 10. The summed E-state index contributed by atoms with van der Waals surface area (Å²) in [6, 6.07) is 73.4. The minimum absolute atomic E-state index is 0.663. The Morgan fingerprint density at radius 3 is 1.83 bits per heavy atom. The molecular formula is C60H35N3O2. The monoisotopic (exact) mass is 829 g/mol. The van der Waals surface area contributed by atoms with E-state index < -0.39 is 0 Å². The van der Waals surface area contributed by atoms with Crippen LogP contribution in [0.2, 0.25) is 0 Å². The molecule has 0 atom stereocenters. The molecule has 10 aromatic carbocycles. The van der Waals surface area contributed by atoms with Crippen molar-refractivity contribution in [3.63, 3.8) is 0 Å². The summed E-state index contributed by atoms with van der Waals surface area (Å²) >= 11 is 0. The van der Waals surface area contributed by atoms with E-state index in [9.17, 15) is 0 Å². The topological polar surface area (TPSA) is 57.0 Å². The first-order valence-electron chi connectivity index (χ1n) is 21.9. The van der Waals surface area contributed by atoms with Gasteiger partial charge in [-0.2, -0.15) is 0 Å². The molecule has 0 saturated heterocycles. The molecule has 0 aliphatic carbocycles. The van der Waals surface area contributed by atoms with Crippen molar-refractivity contribution in [2.24, 2.45) is 0 Å². The van der Waals surface area contributed by atoms with Gasteiger partial charge in [0.05, 0.1) is 16.4 Å². The first-order valence-corrected chi connectivity index (χ1v) is 21.9. The van der Waals surface area contributed by atoms with Crippen LogP contribution in [0.5, 0.6) is 0 Å². The number of rotatable bonds is 5. The van der Waals surface area contributed by atoms with Crippen molar-refractivity contribution in [1.29, 1.82) is 0 Å². The molecule has 0 saturated carbocycles. The van der Waals surface area contributed by atoms with Crippen molar-refractivity contribution in [2.45, 2.75) is 0 Å². The quantitative estimate of drug-likeness (QED) is 0.173. The molecule has 5 heteroatoms. The maximum Gasteiger partial charge on any atom is 0.180 e. The molecule has 302 valence electrons. The average Bonchev–Trinajstić information content (AvgIpc) is 4.06. The van der Waals surface area contributed by atoms with E-state index >= 15 is 0 Å². The van der Waals surface area contributed by atoms with E-state index in [2.05, 4.69) is 211 Å². The zero-order chi connectivity index (χ0) is 42.6. The maximum atomic E-state index is 7.01. The highest BCUT2D eigenvalue weighted by Gasteiger charge is 2.21. The molecule has 0 fully saturated rings. The number of aromatic nitrogens is 3.